The second-order valence-electron chi connectivity index (χ2n) is 10.5. The van der Waals surface area contributed by atoms with Gasteiger partial charge in [-0.3, -0.25) is 9.59 Å². The van der Waals surface area contributed by atoms with Crippen molar-refractivity contribution in [1.82, 2.24) is 15.0 Å². The predicted octanol–water partition coefficient (Wildman–Crippen LogP) is 4.24. The van der Waals surface area contributed by atoms with Crippen LogP contribution in [0.5, 0.6) is 0 Å². The van der Waals surface area contributed by atoms with Gasteiger partial charge in [0.25, 0.3) is 0 Å². The molecule has 3 heterocycles. The Morgan fingerprint density at radius 2 is 1.91 bits per heavy atom. The van der Waals surface area contributed by atoms with Crippen LogP contribution in [0, 0.1) is 19.3 Å². The van der Waals surface area contributed by atoms with E-state index in [2.05, 4.69) is 10.1 Å². The highest BCUT2D eigenvalue weighted by molar-refractivity contribution is 5.92. The zero-order valence-electron chi connectivity index (χ0n) is 20.9. The lowest BCUT2D eigenvalue weighted by Gasteiger charge is -2.33. The number of likely N-dealkylation sites (tertiary alicyclic amines) is 1. The smallest absolute Gasteiger partial charge is 0.234 e. The molecule has 0 spiro atoms. The maximum absolute atomic E-state index is 13.7. The van der Waals surface area contributed by atoms with E-state index >= 15 is 0 Å². The Labute approximate surface area is 205 Å². The number of carbonyl (C=O) groups excluding carboxylic acids is 2. The minimum atomic E-state index is -0.727. The Bertz CT molecular complexity index is 1190. The molecule has 0 unspecified atom stereocenters. The predicted molar refractivity (Wildman–Crippen MR) is 130 cm³/mol. The SMILES string of the molecule is Cc1cc([C@H](C(=O)N2C[C@H](O)C[C@H]2C(=O)CCc2ccc(-c3ocnc3C)cc2)C(C)(C)C)on1. The molecule has 0 bridgehead atoms. The van der Waals surface area contributed by atoms with Gasteiger partial charge in [-0.1, -0.05) is 50.2 Å². The number of aliphatic hydroxyl groups is 1. The van der Waals surface area contributed by atoms with Crippen molar-refractivity contribution < 1.29 is 23.6 Å². The van der Waals surface area contributed by atoms with E-state index in [1.807, 2.05) is 58.9 Å². The summed E-state index contributed by atoms with van der Waals surface area (Å²) in [4.78, 5) is 32.6. The molecule has 0 saturated carbocycles. The number of hydrogen-bond donors (Lipinski definition) is 1. The van der Waals surface area contributed by atoms with Crippen molar-refractivity contribution in [2.45, 2.75) is 71.9 Å². The van der Waals surface area contributed by atoms with Crippen LogP contribution in [-0.2, 0) is 16.0 Å². The lowest BCUT2D eigenvalue weighted by molar-refractivity contribution is -0.141. The van der Waals surface area contributed by atoms with Gasteiger partial charge >= 0.3 is 0 Å². The number of ketones is 1. The molecule has 3 atom stereocenters. The number of Topliss-reactive ketones (excluding diaryl/α,β-unsaturated/α-hetero) is 1. The molecule has 1 aromatic carbocycles. The van der Waals surface area contributed by atoms with Gasteiger partial charge in [0.1, 0.15) is 11.7 Å². The molecule has 1 N–H and O–H groups in total. The second kappa shape index (κ2) is 9.77. The molecule has 0 aliphatic carbocycles. The molecule has 35 heavy (non-hydrogen) atoms. The molecule has 3 aromatic rings. The first-order chi connectivity index (χ1) is 16.5. The molecular formula is C27H33N3O5. The molecule has 8 heteroatoms. The van der Waals surface area contributed by atoms with Crippen LogP contribution in [0.1, 0.15) is 62.2 Å². The van der Waals surface area contributed by atoms with Crippen molar-refractivity contribution in [3.63, 3.8) is 0 Å². The molecule has 1 fully saturated rings. The third-order valence-corrected chi connectivity index (χ3v) is 6.60. The van der Waals surface area contributed by atoms with Crippen LogP contribution >= 0.6 is 0 Å². The zero-order valence-corrected chi connectivity index (χ0v) is 20.9. The standard InChI is InChI=1S/C27H33N3O5/c1-16-12-23(35-29-16)24(27(3,4)5)26(33)30-14-20(31)13-21(30)22(32)11-8-18-6-9-19(10-7-18)25-17(2)28-15-34-25/h6-7,9-10,12,15,20-21,24,31H,8,11,13-14H2,1-5H3/t20-,21+,24-/m1/s1. The third-order valence-electron chi connectivity index (χ3n) is 6.60. The number of carbonyl (C=O) groups is 2. The highest BCUT2D eigenvalue weighted by Crippen LogP contribution is 2.39. The lowest BCUT2D eigenvalue weighted by Crippen LogP contribution is -2.45. The summed E-state index contributed by atoms with van der Waals surface area (Å²) >= 11 is 0. The van der Waals surface area contributed by atoms with Gasteiger partial charge in [-0.2, -0.15) is 0 Å². The van der Waals surface area contributed by atoms with E-state index in [1.165, 1.54) is 11.3 Å². The summed E-state index contributed by atoms with van der Waals surface area (Å²) < 4.78 is 10.9. The van der Waals surface area contributed by atoms with Gasteiger partial charge < -0.3 is 18.9 Å². The Morgan fingerprint density at radius 1 is 1.20 bits per heavy atom. The van der Waals surface area contributed by atoms with Gasteiger partial charge in [0.2, 0.25) is 5.91 Å². The van der Waals surface area contributed by atoms with Crippen LogP contribution in [0.3, 0.4) is 0 Å². The van der Waals surface area contributed by atoms with Crippen LogP contribution in [0.15, 0.2) is 45.7 Å². The zero-order chi connectivity index (χ0) is 25.3. The second-order valence-corrected chi connectivity index (χ2v) is 10.5. The molecule has 1 aliphatic rings. The largest absolute Gasteiger partial charge is 0.443 e. The van der Waals surface area contributed by atoms with Crippen LogP contribution < -0.4 is 0 Å². The molecule has 1 aliphatic heterocycles. The van der Waals surface area contributed by atoms with Gasteiger partial charge in [0, 0.05) is 31.0 Å². The fourth-order valence-corrected chi connectivity index (χ4v) is 4.80. The van der Waals surface area contributed by atoms with E-state index in [1.54, 1.807) is 6.07 Å². The Morgan fingerprint density at radius 3 is 2.49 bits per heavy atom. The fourth-order valence-electron chi connectivity index (χ4n) is 4.80. The summed E-state index contributed by atoms with van der Waals surface area (Å²) in [7, 11) is 0. The first-order valence-corrected chi connectivity index (χ1v) is 12.0. The molecule has 8 nitrogen and oxygen atoms in total. The minimum Gasteiger partial charge on any atom is -0.443 e. The van der Waals surface area contributed by atoms with Crippen LogP contribution in [-0.4, -0.2) is 50.5 Å². The average Bonchev–Trinajstić information content (AvgIpc) is 3.51. The van der Waals surface area contributed by atoms with Crippen molar-refractivity contribution >= 4 is 11.7 Å². The maximum atomic E-state index is 13.7. The summed E-state index contributed by atoms with van der Waals surface area (Å²) in [5.74, 6) is 0.352. The maximum Gasteiger partial charge on any atom is 0.234 e. The Balaban J connectivity index is 1.46. The van der Waals surface area contributed by atoms with Gasteiger partial charge in [0.15, 0.2) is 17.9 Å². The van der Waals surface area contributed by atoms with Crippen molar-refractivity contribution in [3.05, 3.63) is 59.4 Å². The molecule has 1 saturated heterocycles. The molecule has 0 radical (unpaired) electrons. The summed E-state index contributed by atoms with van der Waals surface area (Å²) in [5, 5.41) is 14.3. The van der Waals surface area contributed by atoms with E-state index in [0.717, 1.165) is 22.6 Å². The topological polar surface area (TPSA) is 110 Å². The highest BCUT2D eigenvalue weighted by atomic mass is 16.5. The van der Waals surface area contributed by atoms with Gasteiger partial charge in [-0.15, -0.1) is 0 Å². The van der Waals surface area contributed by atoms with Crippen LogP contribution in [0.25, 0.3) is 11.3 Å². The van der Waals surface area contributed by atoms with Gasteiger partial charge in [-0.05, 0) is 31.2 Å². The van der Waals surface area contributed by atoms with Gasteiger partial charge in [0.05, 0.1) is 23.5 Å². The van der Waals surface area contributed by atoms with Crippen molar-refractivity contribution in [3.8, 4) is 11.3 Å². The summed E-state index contributed by atoms with van der Waals surface area (Å²) in [6.45, 7) is 9.72. The van der Waals surface area contributed by atoms with E-state index in [0.29, 0.717) is 17.9 Å². The van der Waals surface area contributed by atoms with Crippen LogP contribution in [0.2, 0.25) is 0 Å². The van der Waals surface area contributed by atoms with Crippen LogP contribution in [0.4, 0.5) is 0 Å². The number of aryl methyl sites for hydroxylation is 3. The van der Waals surface area contributed by atoms with E-state index in [-0.39, 0.29) is 31.1 Å². The molecule has 2 aromatic heterocycles. The van der Waals surface area contributed by atoms with E-state index < -0.39 is 23.5 Å². The molecular weight excluding hydrogens is 446 g/mol. The van der Waals surface area contributed by atoms with Gasteiger partial charge in [-0.25, -0.2) is 4.98 Å². The summed E-state index contributed by atoms with van der Waals surface area (Å²) in [6, 6.07) is 8.96. The number of oxazole rings is 1. The summed E-state index contributed by atoms with van der Waals surface area (Å²) in [6.07, 6.45) is 1.78. The number of amides is 1. The third kappa shape index (κ3) is 5.37. The minimum absolute atomic E-state index is 0.0496. The molecule has 1 amide bonds. The number of β-amino-alcohol motifs (C(OH)–C–C–N with tert-alkyl or cyclic N) is 1. The normalized spacial score (nSPS) is 19.2. The lowest BCUT2D eigenvalue weighted by atomic mass is 9.78. The number of rotatable bonds is 7. The first kappa shape index (κ1) is 24.9. The number of aromatic nitrogens is 2. The van der Waals surface area contributed by atoms with E-state index in [9.17, 15) is 14.7 Å². The quantitative estimate of drug-likeness (QED) is 0.540. The Kier molecular flexibility index (Phi) is 6.94. The summed E-state index contributed by atoms with van der Waals surface area (Å²) in [5.41, 5.74) is 3.02. The van der Waals surface area contributed by atoms with E-state index in [4.69, 9.17) is 8.94 Å². The monoisotopic (exact) mass is 479 g/mol. The number of hydrogen-bond acceptors (Lipinski definition) is 7. The number of benzene rings is 1. The first-order valence-electron chi connectivity index (χ1n) is 12.0. The fraction of sp³-hybridized carbons (Fsp3) is 0.481. The number of nitrogens with zero attached hydrogens (tertiary/aromatic N) is 3. The highest BCUT2D eigenvalue weighted by Gasteiger charge is 2.45. The average molecular weight is 480 g/mol. The van der Waals surface area contributed by atoms with Crippen molar-refractivity contribution in [2.24, 2.45) is 5.41 Å². The number of aliphatic hydroxyl groups excluding tert-OH is 1. The Hall–Kier alpha value is -3.26. The molecule has 186 valence electrons. The van der Waals surface area contributed by atoms with Crippen molar-refractivity contribution in [2.75, 3.05) is 6.54 Å². The van der Waals surface area contributed by atoms with Crippen molar-refractivity contribution in [1.29, 1.82) is 0 Å². The molecule has 4 rings (SSSR count).